The molecule has 1 aromatic heterocycles. The number of rotatable bonds is 7. The fourth-order valence-electron chi connectivity index (χ4n) is 5.16. The second-order valence-corrected chi connectivity index (χ2v) is 11.2. The average molecular weight is 621 g/mol. The summed E-state index contributed by atoms with van der Waals surface area (Å²) in [6.45, 7) is 4.00. The molecule has 222 valence electrons. The van der Waals surface area contributed by atoms with E-state index in [1.165, 1.54) is 4.57 Å². The molecule has 2 N–H and O–H groups in total. The van der Waals surface area contributed by atoms with E-state index < -0.39 is 0 Å². The Morgan fingerprint density at radius 3 is 2.42 bits per heavy atom. The predicted molar refractivity (Wildman–Crippen MR) is 168 cm³/mol. The molecule has 0 spiro atoms. The van der Waals surface area contributed by atoms with Crippen molar-refractivity contribution >= 4 is 41.0 Å². The number of aromatic nitrogens is 2. The molecule has 1 unspecified atom stereocenters. The van der Waals surface area contributed by atoms with Gasteiger partial charge in [0.1, 0.15) is 5.75 Å². The van der Waals surface area contributed by atoms with Crippen LogP contribution in [-0.2, 0) is 13.0 Å². The van der Waals surface area contributed by atoms with Crippen LogP contribution in [0.1, 0.15) is 57.4 Å². The second kappa shape index (κ2) is 12.5. The average Bonchev–Trinajstić information content (AvgIpc) is 3.02. The summed E-state index contributed by atoms with van der Waals surface area (Å²) in [5, 5.41) is 6.66. The van der Waals surface area contributed by atoms with E-state index in [-0.39, 0.29) is 36.0 Å². The Hall–Kier alpha value is -4.34. The van der Waals surface area contributed by atoms with Crippen LogP contribution in [-0.4, -0.2) is 46.5 Å². The van der Waals surface area contributed by atoms with Crippen molar-refractivity contribution in [1.82, 2.24) is 19.8 Å². The van der Waals surface area contributed by atoms with Gasteiger partial charge in [0.2, 0.25) is 5.95 Å². The van der Waals surface area contributed by atoms with Crippen LogP contribution in [0, 0.1) is 0 Å². The van der Waals surface area contributed by atoms with E-state index in [9.17, 15) is 14.4 Å². The third kappa shape index (κ3) is 6.09. The van der Waals surface area contributed by atoms with Crippen molar-refractivity contribution in [3.8, 4) is 11.4 Å². The second-order valence-electron chi connectivity index (χ2n) is 10.4. The quantitative estimate of drug-likeness (QED) is 0.276. The molecule has 9 nitrogen and oxygen atoms in total. The molecule has 11 heteroatoms. The van der Waals surface area contributed by atoms with Gasteiger partial charge in [-0.25, -0.2) is 9.55 Å². The largest absolute Gasteiger partial charge is 0.497 e. The number of ether oxygens (including phenoxy) is 1. The van der Waals surface area contributed by atoms with Crippen LogP contribution in [0.25, 0.3) is 5.69 Å². The highest BCUT2D eigenvalue weighted by atomic mass is 35.5. The number of carbonyl (C=O) groups excluding carboxylic acids is 2. The number of nitrogens with one attached hydrogen (secondary N) is 2. The van der Waals surface area contributed by atoms with Gasteiger partial charge >= 0.3 is 0 Å². The predicted octanol–water partition coefficient (Wildman–Crippen LogP) is 5.67. The lowest BCUT2D eigenvalue weighted by Gasteiger charge is -2.35. The standard InChI is InChI=1S/C32H31Cl2N5O4/c1-18-14-25-28(17-38(18)30(41)22-10-13-26(33)27(34)16-22)37-32(36-19(2)21-6-5-7-24(15-21)43-4)39(31(25)42)23-11-8-20(9-12-23)29(40)35-3/h5-13,15-16,18-19H,14,17H2,1-4H3,(H,35,40)(H,36,37)/t18-,19?/m1/s1. The Bertz CT molecular complexity index is 1760. The molecule has 0 fully saturated rings. The van der Waals surface area contributed by atoms with Crippen molar-refractivity contribution in [3.63, 3.8) is 0 Å². The summed E-state index contributed by atoms with van der Waals surface area (Å²) in [5.74, 6) is 0.556. The van der Waals surface area contributed by atoms with Crippen molar-refractivity contribution in [1.29, 1.82) is 0 Å². The molecule has 2 atom stereocenters. The minimum atomic E-state index is -0.275. The summed E-state index contributed by atoms with van der Waals surface area (Å²) in [4.78, 5) is 46.4. The molecule has 5 rings (SSSR count). The molecule has 2 amide bonds. The zero-order valence-electron chi connectivity index (χ0n) is 24.2. The van der Waals surface area contributed by atoms with Gasteiger partial charge in [-0.05, 0) is 80.4 Å². The van der Waals surface area contributed by atoms with Gasteiger partial charge < -0.3 is 20.3 Å². The van der Waals surface area contributed by atoms with Gasteiger partial charge in [-0.2, -0.15) is 0 Å². The van der Waals surface area contributed by atoms with Crippen molar-refractivity contribution in [3.05, 3.63) is 115 Å². The normalized spacial score (nSPS) is 14.9. The fourth-order valence-corrected chi connectivity index (χ4v) is 5.45. The lowest BCUT2D eigenvalue weighted by atomic mass is 9.98. The van der Waals surface area contributed by atoms with Gasteiger partial charge in [0.15, 0.2) is 0 Å². The Labute approximate surface area is 259 Å². The first kappa shape index (κ1) is 30.1. The van der Waals surface area contributed by atoms with E-state index >= 15 is 0 Å². The monoisotopic (exact) mass is 619 g/mol. The van der Waals surface area contributed by atoms with Gasteiger partial charge in [-0.3, -0.25) is 14.4 Å². The molecule has 0 bridgehead atoms. The number of hydrogen-bond acceptors (Lipinski definition) is 6. The van der Waals surface area contributed by atoms with Gasteiger partial charge in [0, 0.05) is 29.8 Å². The van der Waals surface area contributed by atoms with Crippen LogP contribution in [0.3, 0.4) is 0 Å². The topological polar surface area (TPSA) is 106 Å². The molecule has 4 aromatic rings. The number of anilines is 1. The summed E-state index contributed by atoms with van der Waals surface area (Å²) in [6, 6.07) is 18.6. The molecular formula is C32H31Cl2N5O4. The molecule has 0 aliphatic carbocycles. The summed E-state index contributed by atoms with van der Waals surface area (Å²) in [5.41, 5.74) is 3.14. The van der Waals surface area contributed by atoms with Crippen molar-refractivity contribution in [2.75, 3.05) is 19.5 Å². The van der Waals surface area contributed by atoms with E-state index in [4.69, 9.17) is 32.9 Å². The molecule has 1 aliphatic rings. The third-order valence-corrected chi connectivity index (χ3v) is 8.33. The van der Waals surface area contributed by atoms with Crippen LogP contribution < -0.4 is 20.9 Å². The van der Waals surface area contributed by atoms with Gasteiger partial charge in [-0.15, -0.1) is 0 Å². The molecule has 2 heterocycles. The third-order valence-electron chi connectivity index (χ3n) is 7.60. The Balaban J connectivity index is 1.58. The maximum Gasteiger partial charge on any atom is 0.263 e. The number of amides is 2. The van der Waals surface area contributed by atoms with Gasteiger partial charge in [0.05, 0.1) is 41.1 Å². The Kier molecular flexibility index (Phi) is 8.75. The number of fused-ring (bicyclic) bond motifs is 1. The van der Waals surface area contributed by atoms with Crippen LogP contribution in [0.4, 0.5) is 5.95 Å². The van der Waals surface area contributed by atoms with Crippen LogP contribution in [0.5, 0.6) is 5.75 Å². The SMILES string of the molecule is CNC(=O)c1ccc(-n2c(NC(C)c3cccc(OC)c3)nc3c(c2=O)C[C@@H](C)N(C(=O)c2ccc(Cl)c(Cl)c2)C3)cc1. The highest BCUT2D eigenvalue weighted by Crippen LogP contribution is 2.29. The number of benzene rings is 3. The Morgan fingerprint density at radius 2 is 1.74 bits per heavy atom. The smallest absolute Gasteiger partial charge is 0.263 e. The maximum absolute atomic E-state index is 14.2. The number of hydrogen-bond donors (Lipinski definition) is 2. The van der Waals surface area contributed by atoms with E-state index in [2.05, 4.69) is 10.6 Å². The molecule has 0 saturated carbocycles. The number of carbonyl (C=O) groups is 2. The molecule has 0 saturated heterocycles. The first-order chi connectivity index (χ1) is 20.6. The van der Waals surface area contributed by atoms with Gasteiger partial charge in [-0.1, -0.05) is 35.3 Å². The molecule has 1 aliphatic heterocycles. The fraction of sp³-hybridized carbons (Fsp3) is 0.250. The molecule has 3 aromatic carbocycles. The Morgan fingerprint density at radius 1 is 1.02 bits per heavy atom. The minimum absolute atomic E-state index is 0.142. The van der Waals surface area contributed by atoms with Crippen molar-refractivity contribution in [2.24, 2.45) is 0 Å². The summed E-state index contributed by atoms with van der Waals surface area (Å²) < 4.78 is 6.91. The van der Waals surface area contributed by atoms with Gasteiger partial charge in [0.25, 0.3) is 17.4 Å². The first-order valence-electron chi connectivity index (χ1n) is 13.7. The molecule has 43 heavy (non-hydrogen) atoms. The van der Waals surface area contributed by atoms with E-state index in [0.29, 0.717) is 56.2 Å². The van der Waals surface area contributed by atoms with Crippen LogP contribution in [0.15, 0.2) is 71.5 Å². The summed E-state index contributed by atoms with van der Waals surface area (Å²) in [7, 11) is 3.17. The van der Waals surface area contributed by atoms with E-state index in [0.717, 1.165) is 5.56 Å². The highest BCUT2D eigenvalue weighted by molar-refractivity contribution is 6.42. The molecule has 0 radical (unpaired) electrons. The van der Waals surface area contributed by atoms with Crippen LogP contribution in [0.2, 0.25) is 10.0 Å². The lowest BCUT2D eigenvalue weighted by Crippen LogP contribution is -2.46. The number of nitrogens with zero attached hydrogens (tertiary/aromatic N) is 3. The van der Waals surface area contributed by atoms with E-state index in [1.807, 2.05) is 38.1 Å². The lowest BCUT2D eigenvalue weighted by molar-refractivity contribution is 0.0653. The summed E-state index contributed by atoms with van der Waals surface area (Å²) >= 11 is 12.3. The zero-order valence-corrected chi connectivity index (χ0v) is 25.7. The molecular weight excluding hydrogens is 589 g/mol. The van der Waals surface area contributed by atoms with Crippen molar-refractivity contribution in [2.45, 2.75) is 38.9 Å². The highest BCUT2D eigenvalue weighted by Gasteiger charge is 2.32. The zero-order chi connectivity index (χ0) is 30.8. The number of methoxy groups -OCH3 is 1. The first-order valence-corrected chi connectivity index (χ1v) is 14.5. The minimum Gasteiger partial charge on any atom is -0.497 e. The summed E-state index contributed by atoms with van der Waals surface area (Å²) in [6.07, 6.45) is 0.316. The van der Waals surface area contributed by atoms with E-state index in [1.54, 1.807) is 61.5 Å². The number of halogens is 2. The van der Waals surface area contributed by atoms with Crippen molar-refractivity contribution < 1.29 is 14.3 Å². The van der Waals surface area contributed by atoms with Crippen LogP contribution >= 0.6 is 23.2 Å². The maximum atomic E-state index is 14.2.